The van der Waals surface area contributed by atoms with E-state index in [9.17, 15) is 14.7 Å². The Kier molecular flexibility index (Phi) is 11.1. The van der Waals surface area contributed by atoms with Gasteiger partial charge in [-0.2, -0.15) is 5.10 Å². The fourth-order valence-corrected chi connectivity index (χ4v) is 6.25. The van der Waals surface area contributed by atoms with Crippen LogP contribution in [0.2, 0.25) is 0 Å². The Labute approximate surface area is 287 Å². The van der Waals surface area contributed by atoms with Crippen molar-refractivity contribution in [3.63, 3.8) is 0 Å². The first-order valence-corrected chi connectivity index (χ1v) is 16.0. The molecule has 2 atom stereocenters. The van der Waals surface area contributed by atoms with E-state index in [0.29, 0.717) is 62.2 Å². The van der Waals surface area contributed by atoms with Crippen molar-refractivity contribution in [3.8, 4) is 28.7 Å². The van der Waals surface area contributed by atoms with E-state index in [1.54, 1.807) is 31.3 Å². The van der Waals surface area contributed by atoms with E-state index < -0.39 is 24.3 Å². The fourth-order valence-electron chi connectivity index (χ4n) is 4.80. The van der Waals surface area contributed by atoms with Gasteiger partial charge < -0.3 is 44.2 Å². The monoisotopic (exact) mass is 774 g/mol. The minimum Gasteiger partial charge on any atom is -0.490 e. The quantitative estimate of drug-likeness (QED) is 0.0803. The molecule has 0 bridgehead atoms. The van der Waals surface area contributed by atoms with E-state index in [2.05, 4.69) is 53.0 Å². The summed E-state index contributed by atoms with van der Waals surface area (Å²) < 4.78 is 34.7. The molecule has 0 radical (unpaired) electrons. The van der Waals surface area contributed by atoms with Crippen molar-refractivity contribution in [2.45, 2.75) is 32.7 Å². The lowest BCUT2D eigenvalue weighted by molar-refractivity contribution is -0.136. The molecule has 15 heteroatoms. The standard InChI is InChI=1S/C32H32Br2N4O9/c1-4-43-26-12-20(29-28(31(40)42-3)17(2)36-32(41)37-29)6-8-23(26)44-15-27(39)38-35-13-19-9-21(33)30(22(34)10-19)45-14-18-5-7-24-25(11-18)47-16-46-24/h5-13,27,29,38-39H,4,14-16H2,1-3H3,(H2,36,37,41)/b35-13-/t27-,29+/m1/s1. The van der Waals surface area contributed by atoms with Gasteiger partial charge in [0.25, 0.3) is 0 Å². The average molecular weight is 776 g/mol. The number of hydrazone groups is 1. The van der Waals surface area contributed by atoms with E-state index in [1.807, 2.05) is 37.3 Å². The van der Waals surface area contributed by atoms with Gasteiger partial charge in [-0.25, -0.2) is 9.59 Å². The number of hydrogen-bond acceptors (Lipinski definition) is 11. The second-order valence-corrected chi connectivity index (χ2v) is 11.9. The Morgan fingerprint density at radius 3 is 2.60 bits per heavy atom. The minimum absolute atomic E-state index is 0.159. The van der Waals surface area contributed by atoms with Crippen LogP contribution >= 0.6 is 31.9 Å². The van der Waals surface area contributed by atoms with Crippen molar-refractivity contribution in [3.05, 3.63) is 85.4 Å². The molecule has 2 aliphatic rings. The molecule has 0 saturated carbocycles. The van der Waals surface area contributed by atoms with Gasteiger partial charge in [-0.3, -0.25) is 5.43 Å². The predicted octanol–water partition coefficient (Wildman–Crippen LogP) is 5.04. The lowest BCUT2D eigenvalue weighted by Crippen LogP contribution is -2.45. The minimum atomic E-state index is -1.16. The van der Waals surface area contributed by atoms with Crippen LogP contribution < -0.4 is 39.7 Å². The molecule has 4 N–H and O–H groups in total. The maximum absolute atomic E-state index is 12.5. The van der Waals surface area contributed by atoms with Gasteiger partial charge in [0.2, 0.25) is 6.79 Å². The Morgan fingerprint density at radius 2 is 1.85 bits per heavy atom. The molecule has 2 aliphatic heterocycles. The van der Waals surface area contributed by atoms with Crippen LogP contribution in [-0.4, -0.2) is 56.7 Å². The highest BCUT2D eigenvalue weighted by atomic mass is 79.9. The summed E-state index contributed by atoms with van der Waals surface area (Å²) in [4.78, 5) is 24.6. The lowest BCUT2D eigenvalue weighted by atomic mass is 9.95. The number of fused-ring (bicyclic) bond motifs is 1. The molecule has 0 saturated heterocycles. The summed E-state index contributed by atoms with van der Waals surface area (Å²) in [6, 6.07) is 13.1. The average Bonchev–Trinajstić information content (AvgIpc) is 3.51. The summed E-state index contributed by atoms with van der Waals surface area (Å²) >= 11 is 7.10. The Bertz CT molecular complexity index is 1690. The second kappa shape index (κ2) is 15.4. The highest BCUT2D eigenvalue weighted by molar-refractivity contribution is 9.11. The number of ether oxygens (including phenoxy) is 6. The number of carbonyl (C=O) groups excluding carboxylic acids is 2. The number of nitrogens with one attached hydrogen (secondary N) is 3. The van der Waals surface area contributed by atoms with Crippen LogP contribution in [0.5, 0.6) is 28.7 Å². The number of benzene rings is 3. The second-order valence-electron chi connectivity index (χ2n) is 10.2. The zero-order chi connectivity index (χ0) is 33.5. The highest BCUT2D eigenvalue weighted by Gasteiger charge is 2.32. The highest BCUT2D eigenvalue weighted by Crippen LogP contribution is 2.37. The van der Waals surface area contributed by atoms with Crippen LogP contribution in [0.3, 0.4) is 0 Å². The number of hydrogen-bond donors (Lipinski definition) is 4. The number of nitrogens with zero attached hydrogens (tertiary/aromatic N) is 1. The van der Waals surface area contributed by atoms with Gasteiger partial charge >= 0.3 is 12.0 Å². The Morgan fingerprint density at radius 1 is 1.09 bits per heavy atom. The van der Waals surface area contributed by atoms with Crippen LogP contribution in [0.1, 0.15) is 36.6 Å². The van der Waals surface area contributed by atoms with E-state index in [1.165, 1.54) is 7.11 Å². The van der Waals surface area contributed by atoms with Crippen molar-refractivity contribution in [2.75, 3.05) is 27.1 Å². The van der Waals surface area contributed by atoms with Crippen LogP contribution in [0.25, 0.3) is 0 Å². The SMILES string of the molecule is CCOc1cc([C@@H]2NC(=O)NC(C)=C2C(=O)OC)ccc1OC[C@@H](O)N/N=C\c1cc(Br)c(OCc2ccc3c(c2)OCO3)c(Br)c1. The number of esters is 1. The molecule has 2 heterocycles. The summed E-state index contributed by atoms with van der Waals surface area (Å²) in [5, 5.41) is 19.9. The largest absolute Gasteiger partial charge is 0.490 e. The van der Waals surface area contributed by atoms with Gasteiger partial charge in [-0.15, -0.1) is 0 Å². The summed E-state index contributed by atoms with van der Waals surface area (Å²) in [6.45, 7) is 4.14. The summed E-state index contributed by atoms with van der Waals surface area (Å²) in [5.41, 5.74) is 5.53. The van der Waals surface area contributed by atoms with Gasteiger partial charge in [0.05, 0.1) is 40.5 Å². The molecule has 2 amide bonds. The molecule has 47 heavy (non-hydrogen) atoms. The normalized spacial score (nSPS) is 16.0. The molecule has 0 aromatic heterocycles. The first-order valence-electron chi connectivity index (χ1n) is 14.4. The number of urea groups is 1. The topological polar surface area (TPSA) is 158 Å². The van der Waals surface area contributed by atoms with E-state index in [0.717, 1.165) is 11.1 Å². The van der Waals surface area contributed by atoms with Gasteiger partial charge in [0.15, 0.2) is 29.2 Å². The smallest absolute Gasteiger partial charge is 0.337 e. The number of methoxy groups -OCH3 is 1. The zero-order valence-corrected chi connectivity index (χ0v) is 28.8. The molecule has 0 fully saturated rings. The number of allylic oxidation sites excluding steroid dienone is 1. The Hall–Kier alpha value is -4.47. The number of aliphatic hydroxyl groups excluding tert-OH is 1. The molecule has 3 aromatic carbocycles. The van der Waals surface area contributed by atoms with Gasteiger partial charge in [-0.1, -0.05) is 12.1 Å². The summed E-state index contributed by atoms with van der Waals surface area (Å²) in [6.07, 6.45) is 0.388. The van der Waals surface area contributed by atoms with Crippen molar-refractivity contribution in [2.24, 2.45) is 5.10 Å². The number of amides is 2. The molecular formula is C32H32Br2N4O9. The van der Waals surface area contributed by atoms with Crippen LogP contribution in [0.4, 0.5) is 4.79 Å². The van der Waals surface area contributed by atoms with Crippen molar-refractivity contribution in [1.82, 2.24) is 16.1 Å². The van der Waals surface area contributed by atoms with E-state index >= 15 is 0 Å². The first-order chi connectivity index (χ1) is 22.7. The Balaban J connectivity index is 1.18. The third-order valence-corrected chi connectivity index (χ3v) is 8.13. The van der Waals surface area contributed by atoms with Crippen LogP contribution in [0, 0.1) is 0 Å². The van der Waals surface area contributed by atoms with Crippen molar-refractivity contribution >= 4 is 50.1 Å². The van der Waals surface area contributed by atoms with Crippen LogP contribution in [-0.2, 0) is 16.1 Å². The maximum Gasteiger partial charge on any atom is 0.337 e. The van der Waals surface area contributed by atoms with Crippen LogP contribution in [0.15, 0.2) is 73.8 Å². The van der Waals surface area contributed by atoms with Gasteiger partial charge in [-0.05, 0) is 98.8 Å². The molecule has 0 spiro atoms. The van der Waals surface area contributed by atoms with Gasteiger partial charge in [0.1, 0.15) is 19.0 Å². The van der Waals surface area contributed by atoms with Crippen molar-refractivity contribution in [1.29, 1.82) is 0 Å². The summed E-state index contributed by atoms with van der Waals surface area (Å²) in [5.74, 6) is 2.16. The molecule has 248 valence electrons. The number of carbonyl (C=O) groups is 2. The predicted molar refractivity (Wildman–Crippen MR) is 178 cm³/mol. The third kappa shape index (κ3) is 8.28. The van der Waals surface area contributed by atoms with E-state index in [-0.39, 0.29) is 19.0 Å². The number of rotatable bonds is 13. The maximum atomic E-state index is 12.5. The fraction of sp³-hybridized carbons (Fsp3) is 0.281. The third-order valence-electron chi connectivity index (χ3n) is 6.95. The van der Waals surface area contributed by atoms with Gasteiger partial charge in [0, 0.05) is 5.70 Å². The molecular weight excluding hydrogens is 744 g/mol. The number of halogens is 2. The zero-order valence-electron chi connectivity index (χ0n) is 25.6. The van der Waals surface area contributed by atoms with E-state index in [4.69, 9.17) is 28.4 Å². The van der Waals surface area contributed by atoms with Crippen molar-refractivity contribution < 1.29 is 43.1 Å². The molecule has 0 unspecified atom stereocenters. The lowest BCUT2D eigenvalue weighted by Gasteiger charge is -2.28. The molecule has 5 rings (SSSR count). The molecule has 13 nitrogen and oxygen atoms in total. The molecule has 3 aromatic rings. The summed E-state index contributed by atoms with van der Waals surface area (Å²) in [7, 11) is 1.27. The molecule has 0 aliphatic carbocycles. The number of aliphatic hydroxyl groups is 1. The first kappa shape index (κ1) is 33.9.